The van der Waals surface area contributed by atoms with Crippen molar-refractivity contribution in [3.05, 3.63) is 35.4 Å². The zero-order valence-electron chi connectivity index (χ0n) is 15.3. The smallest absolute Gasteiger partial charge is 0.261 e. The molecule has 0 saturated heterocycles. The highest BCUT2D eigenvalue weighted by Crippen LogP contribution is 2.22. The van der Waals surface area contributed by atoms with E-state index < -0.39 is 0 Å². The minimum atomic E-state index is -0.277. The molecule has 1 aliphatic rings. The van der Waals surface area contributed by atoms with Crippen molar-refractivity contribution in [3.63, 3.8) is 0 Å². The second-order valence-corrected chi connectivity index (χ2v) is 6.82. The van der Waals surface area contributed by atoms with Crippen LogP contribution in [0.3, 0.4) is 0 Å². The molecule has 1 aliphatic heterocycles. The van der Waals surface area contributed by atoms with E-state index in [2.05, 4.69) is 6.92 Å². The third-order valence-corrected chi connectivity index (χ3v) is 4.80. The average Bonchev–Trinajstić information content (AvgIpc) is 2.87. The fourth-order valence-corrected chi connectivity index (χ4v) is 3.26. The lowest BCUT2D eigenvalue weighted by Gasteiger charge is -2.12. The van der Waals surface area contributed by atoms with Crippen LogP contribution in [0.5, 0.6) is 0 Å². The number of hydrogen-bond donors (Lipinski definition) is 0. The van der Waals surface area contributed by atoms with E-state index in [4.69, 9.17) is 0 Å². The Hall–Kier alpha value is -1.97. The number of benzene rings is 1. The van der Waals surface area contributed by atoms with E-state index in [-0.39, 0.29) is 30.6 Å². The Morgan fingerprint density at radius 3 is 1.88 bits per heavy atom. The van der Waals surface area contributed by atoms with Gasteiger partial charge in [-0.15, -0.1) is 0 Å². The first-order chi connectivity index (χ1) is 12.1. The van der Waals surface area contributed by atoms with Crippen molar-refractivity contribution in [1.29, 1.82) is 0 Å². The number of hydrogen-bond acceptors (Lipinski definition) is 3. The van der Waals surface area contributed by atoms with Crippen molar-refractivity contribution in [3.8, 4) is 0 Å². The largest absolute Gasteiger partial charge is 0.300 e. The number of ketones is 1. The molecular weight excluding hydrogens is 314 g/mol. The van der Waals surface area contributed by atoms with Gasteiger partial charge in [-0.3, -0.25) is 19.3 Å². The van der Waals surface area contributed by atoms with Gasteiger partial charge in [0.15, 0.2) is 0 Å². The monoisotopic (exact) mass is 343 g/mol. The van der Waals surface area contributed by atoms with Crippen molar-refractivity contribution in [2.24, 2.45) is 0 Å². The number of unbranched alkanes of at least 4 members (excludes halogenated alkanes) is 7. The summed E-state index contributed by atoms with van der Waals surface area (Å²) in [6, 6.07) is 6.83. The maximum Gasteiger partial charge on any atom is 0.261 e. The summed E-state index contributed by atoms with van der Waals surface area (Å²) < 4.78 is 0. The van der Waals surface area contributed by atoms with E-state index in [1.165, 1.54) is 43.4 Å². The quantitative estimate of drug-likeness (QED) is 0.406. The van der Waals surface area contributed by atoms with Gasteiger partial charge in [0, 0.05) is 19.4 Å². The third kappa shape index (κ3) is 5.52. The van der Waals surface area contributed by atoms with Gasteiger partial charge in [0.05, 0.1) is 11.1 Å². The first-order valence-corrected chi connectivity index (χ1v) is 9.62. The standard InChI is InChI=1S/C21H29NO3/c1-2-3-4-5-6-7-8-9-12-17(23)15-16-22-20(24)18-13-10-11-14-19(18)21(22)25/h10-11,13-14H,2-9,12,15-16H2,1H3. The minimum absolute atomic E-state index is 0.141. The first kappa shape index (κ1) is 19.4. The topological polar surface area (TPSA) is 54.5 Å². The van der Waals surface area contributed by atoms with E-state index in [0.717, 1.165) is 12.8 Å². The zero-order valence-corrected chi connectivity index (χ0v) is 15.3. The molecule has 0 aromatic heterocycles. The van der Waals surface area contributed by atoms with Gasteiger partial charge in [0.2, 0.25) is 0 Å². The van der Waals surface area contributed by atoms with Gasteiger partial charge in [0.25, 0.3) is 11.8 Å². The van der Waals surface area contributed by atoms with Gasteiger partial charge in [-0.1, -0.05) is 64.0 Å². The Balaban J connectivity index is 1.61. The molecule has 136 valence electrons. The van der Waals surface area contributed by atoms with Crippen LogP contribution in [-0.2, 0) is 4.79 Å². The molecule has 0 aliphatic carbocycles. The molecular formula is C21H29NO3. The van der Waals surface area contributed by atoms with Crippen molar-refractivity contribution in [1.82, 2.24) is 4.90 Å². The van der Waals surface area contributed by atoms with Crippen LogP contribution in [0.1, 0.15) is 91.8 Å². The van der Waals surface area contributed by atoms with Crippen molar-refractivity contribution < 1.29 is 14.4 Å². The molecule has 0 spiro atoms. The number of Topliss-reactive ketones (excluding diaryl/α,β-unsaturated/α-hetero) is 1. The molecule has 0 saturated carbocycles. The Labute approximate surface area is 150 Å². The Bertz CT molecular complexity index is 574. The average molecular weight is 343 g/mol. The zero-order chi connectivity index (χ0) is 18.1. The molecule has 25 heavy (non-hydrogen) atoms. The molecule has 4 nitrogen and oxygen atoms in total. The predicted octanol–water partition coefficient (Wildman–Crippen LogP) is 4.77. The number of amides is 2. The number of carbonyl (C=O) groups is 3. The molecule has 1 aromatic rings. The highest BCUT2D eigenvalue weighted by atomic mass is 16.2. The normalized spacial score (nSPS) is 13.4. The summed E-state index contributed by atoms with van der Waals surface area (Å²) in [5.41, 5.74) is 0.894. The lowest BCUT2D eigenvalue weighted by atomic mass is 10.1. The van der Waals surface area contributed by atoms with Crippen molar-refractivity contribution >= 4 is 17.6 Å². The summed E-state index contributed by atoms with van der Waals surface area (Å²) in [4.78, 5) is 37.7. The van der Waals surface area contributed by atoms with Gasteiger partial charge in [0.1, 0.15) is 5.78 Å². The number of carbonyl (C=O) groups excluding carboxylic acids is 3. The van der Waals surface area contributed by atoms with E-state index >= 15 is 0 Å². The number of rotatable bonds is 12. The fourth-order valence-electron chi connectivity index (χ4n) is 3.26. The number of nitrogens with zero attached hydrogens (tertiary/aromatic N) is 1. The molecule has 0 bridgehead atoms. The Morgan fingerprint density at radius 1 is 0.800 bits per heavy atom. The van der Waals surface area contributed by atoms with Gasteiger partial charge >= 0.3 is 0 Å². The SMILES string of the molecule is CCCCCCCCCCC(=O)CCN1C(=O)c2ccccc2C1=O. The molecule has 0 N–H and O–H groups in total. The minimum Gasteiger partial charge on any atom is -0.300 e. The van der Waals surface area contributed by atoms with Gasteiger partial charge < -0.3 is 0 Å². The summed E-state index contributed by atoms with van der Waals surface area (Å²) in [5.74, 6) is -0.413. The second-order valence-electron chi connectivity index (χ2n) is 6.82. The van der Waals surface area contributed by atoms with E-state index in [1.807, 2.05) is 0 Å². The number of imide groups is 1. The molecule has 0 fully saturated rings. The molecule has 2 rings (SSSR count). The molecule has 0 unspecified atom stereocenters. The second kappa shape index (κ2) is 10.1. The molecule has 2 amide bonds. The highest BCUT2D eigenvalue weighted by molar-refractivity contribution is 6.21. The number of fused-ring (bicyclic) bond motifs is 1. The summed E-state index contributed by atoms with van der Waals surface area (Å²) in [7, 11) is 0. The molecule has 0 atom stereocenters. The summed E-state index contributed by atoms with van der Waals surface area (Å²) in [5, 5.41) is 0. The van der Waals surface area contributed by atoms with Gasteiger partial charge in [-0.2, -0.15) is 0 Å². The summed E-state index contributed by atoms with van der Waals surface area (Å²) >= 11 is 0. The van der Waals surface area contributed by atoms with Crippen LogP contribution in [0.2, 0.25) is 0 Å². The Morgan fingerprint density at radius 2 is 1.32 bits per heavy atom. The highest BCUT2D eigenvalue weighted by Gasteiger charge is 2.34. The molecule has 1 heterocycles. The van der Waals surface area contributed by atoms with Crippen LogP contribution >= 0.6 is 0 Å². The van der Waals surface area contributed by atoms with Crippen LogP contribution in [0.15, 0.2) is 24.3 Å². The first-order valence-electron chi connectivity index (χ1n) is 9.62. The van der Waals surface area contributed by atoms with E-state index in [1.54, 1.807) is 24.3 Å². The Kier molecular flexibility index (Phi) is 7.83. The van der Waals surface area contributed by atoms with Crippen LogP contribution < -0.4 is 0 Å². The van der Waals surface area contributed by atoms with Gasteiger partial charge in [-0.05, 0) is 18.6 Å². The van der Waals surface area contributed by atoms with Crippen LogP contribution in [0.25, 0.3) is 0 Å². The maximum absolute atomic E-state index is 12.2. The van der Waals surface area contributed by atoms with Gasteiger partial charge in [-0.25, -0.2) is 0 Å². The maximum atomic E-state index is 12.2. The van der Waals surface area contributed by atoms with Crippen LogP contribution in [0, 0.1) is 0 Å². The van der Waals surface area contributed by atoms with E-state index in [9.17, 15) is 14.4 Å². The van der Waals surface area contributed by atoms with Crippen molar-refractivity contribution in [2.75, 3.05) is 6.54 Å². The van der Waals surface area contributed by atoms with Crippen LogP contribution in [-0.4, -0.2) is 29.0 Å². The summed E-state index contributed by atoms with van der Waals surface area (Å²) in [6.07, 6.45) is 10.5. The fraction of sp³-hybridized carbons (Fsp3) is 0.571. The van der Waals surface area contributed by atoms with E-state index in [0.29, 0.717) is 17.5 Å². The van der Waals surface area contributed by atoms with Crippen LogP contribution in [0.4, 0.5) is 0 Å². The molecule has 1 aromatic carbocycles. The van der Waals surface area contributed by atoms with Crippen molar-refractivity contribution in [2.45, 2.75) is 71.1 Å². The molecule has 4 heteroatoms. The lowest BCUT2D eigenvalue weighted by Crippen LogP contribution is -2.31. The predicted molar refractivity (Wildman–Crippen MR) is 98.7 cm³/mol. The third-order valence-electron chi connectivity index (χ3n) is 4.80. The summed E-state index contributed by atoms with van der Waals surface area (Å²) in [6.45, 7) is 2.41. The molecule has 0 radical (unpaired) electrons. The lowest BCUT2D eigenvalue weighted by molar-refractivity contribution is -0.119.